The summed E-state index contributed by atoms with van der Waals surface area (Å²) in [6.45, 7) is 5.21. The number of ether oxygens (including phenoxy) is 1. The van der Waals surface area contributed by atoms with Crippen molar-refractivity contribution in [2.45, 2.75) is 19.6 Å². The highest BCUT2D eigenvalue weighted by molar-refractivity contribution is 6.30. The van der Waals surface area contributed by atoms with Crippen LogP contribution in [-0.4, -0.2) is 71.8 Å². The SMILES string of the molecule is Cc1nc(CN2CCOC(CN(C)CC(=O)O)C2)oc1-c1ccc(Cl)cc1. The molecule has 0 bridgehead atoms. The number of aliphatic carboxylic acids is 1. The molecule has 1 aliphatic rings. The van der Waals surface area contributed by atoms with Crippen molar-refractivity contribution < 1.29 is 19.1 Å². The van der Waals surface area contributed by atoms with E-state index >= 15 is 0 Å². The molecule has 2 aromatic rings. The first-order chi connectivity index (χ1) is 12.9. The second kappa shape index (κ2) is 8.84. The zero-order chi connectivity index (χ0) is 19.4. The second-order valence-corrected chi connectivity index (χ2v) is 7.28. The zero-order valence-electron chi connectivity index (χ0n) is 15.5. The van der Waals surface area contributed by atoms with Crippen molar-refractivity contribution in [3.63, 3.8) is 0 Å². The number of halogens is 1. The number of oxazole rings is 1. The molecule has 0 radical (unpaired) electrons. The van der Waals surface area contributed by atoms with E-state index in [0.29, 0.717) is 37.2 Å². The lowest BCUT2D eigenvalue weighted by molar-refractivity contribution is -0.138. The predicted octanol–water partition coefficient (Wildman–Crippen LogP) is 2.52. The number of carboxylic acid groups (broad SMARTS) is 1. The first-order valence-corrected chi connectivity index (χ1v) is 9.25. The molecule has 3 rings (SSSR count). The molecule has 27 heavy (non-hydrogen) atoms. The summed E-state index contributed by atoms with van der Waals surface area (Å²) < 4.78 is 11.8. The molecule has 1 aliphatic heterocycles. The number of hydrogen-bond acceptors (Lipinski definition) is 6. The molecule has 146 valence electrons. The van der Waals surface area contributed by atoms with Crippen LogP contribution in [0.4, 0.5) is 0 Å². The molecule has 1 atom stereocenters. The Bertz CT molecular complexity index is 778. The highest BCUT2D eigenvalue weighted by Gasteiger charge is 2.24. The van der Waals surface area contributed by atoms with Gasteiger partial charge in [-0.2, -0.15) is 0 Å². The molecule has 1 unspecified atom stereocenters. The Labute approximate surface area is 163 Å². The van der Waals surface area contributed by atoms with Crippen molar-refractivity contribution in [1.82, 2.24) is 14.8 Å². The number of benzene rings is 1. The van der Waals surface area contributed by atoms with E-state index < -0.39 is 5.97 Å². The molecule has 1 N–H and O–H groups in total. The Morgan fingerprint density at radius 2 is 2.15 bits per heavy atom. The third-order valence-corrected chi connectivity index (χ3v) is 4.70. The van der Waals surface area contributed by atoms with Gasteiger partial charge in [-0.3, -0.25) is 14.6 Å². The Balaban J connectivity index is 1.61. The first kappa shape index (κ1) is 19.8. The van der Waals surface area contributed by atoms with Gasteiger partial charge in [0.05, 0.1) is 31.5 Å². The van der Waals surface area contributed by atoms with E-state index in [1.807, 2.05) is 31.2 Å². The Hall–Kier alpha value is -1.93. The maximum absolute atomic E-state index is 10.8. The van der Waals surface area contributed by atoms with Crippen molar-refractivity contribution in [1.29, 1.82) is 0 Å². The Kier molecular flexibility index (Phi) is 6.49. The summed E-state index contributed by atoms with van der Waals surface area (Å²) in [4.78, 5) is 19.3. The van der Waals surface area contributed by atoms with Crippen LogP contribution in [0.25, 0.3) is 11.3 Å². The van der Waals surface area contributed by atoms with Crippen molar-refractivity contribution in [2.24, 2.45) is 0 Å². The van der Waals surface area contributed by atoms with Gasteiger partial charge in [-0.05, 0) is 38.2 Å². The quantitative estimate of drug-likeness (QED) is 0.774. The highest BCUT2D eigenvalue weighted by Crippen LogP contribution is 2.26. The van der Waals surface area contributed by atoms with Gasteiger partial charge in [0, 0.05) is 30.2 Å². The summed E-state index contributed by atoms with van der Waals surface area (Å²) in [7, 11) is 1.78. The second-order valence-electron chi connectivity index (χ2n) is 6.85. The van der Waals surface area contributed by atoms with Crippen molar-refractivity contribution in [3.05, 3.63) is 40.9 Å². The van der Waals surface area contributed by atoms with Gasteiger partial charge in [0.2, 0.25) is 5.89 Å². The van der Waals surface area contributed by atoms with Gasteiger partial charge in [-0.1, -0.05) is 11.6 Å². The van der Waals surface area contributed by atoms with Crippen LogP contribution < -0.4 is 0 Å². The van der Waals surface area contributed by atoms with Gasteiger partial charge in [0.25, 0.3) is 0 Å². The van der Waals surface area contributed by atoms with E-state index in [1.165, 1.54) is 0 Å². The number of morpholine rings is 1. The summed E-state index contributed by atoms with van der Waals surface area (Å²) in [6.07, 6.45) is -0.0325. The van der Waals surface area contributed by atoms with Crippen LogP contribution in [0.3, 0.4) is 0 Å². The minimum absolute atomic E-state index is 0.00322. The van der Waals surface area contributed by atoms with Crippen LogP contribution in [0, 0.1) is 6.92 Å². The van der Waals surface area contributed by atoms with Gasteiger partial charge in [0.15, 0.2) is 5.76 Å². The Morgan fingerprint density at radius 3 is 2.85 bits per heavy atom. The molecule has 1 saturated heterocycles. The minimum Gasteiger partial charge on any atom is -0.480 e. The van der Waals surface area contributed by atoms with Gasteiger partial charge >= 0.3 is 5.97 Å². The monoisotopic (exact) mass is 393 g/mol. The fraction of sp³-hybridized carbons (Fsp3) is 0.474. The maximum Gasteiger partial charge on any atom is 0.317 e. The normalized spacial score (nSPS) is 18.1. The zero-order valence-corrected chi connectivity index (χ0v) is 16.3. The summed E-state index contributed by atoms with van der Waals surface area (Å²) >= 11 is 5.95. The molecule has 0 spiro atoms. The molecular weight excluding hydrogens is 370 g/mol. The first-order valence-electron chi connectivity index (χ1n) is 8.87. The maximum atomic E-state index is 10.8. The molecule has 7 nitrogen and oxygen atoms in total. The average Bonchev–Trinajstić information content (AvgIpc) is 2.95. The molecular formula is C19H24ClN3O4. The minimum atomic E-state index is -0.838. The van der Waals surface area contributed by atoms with E-state index in [0.717, 1.165) is 23.6 Å². The van der Waals surface area contributed by atoms with Gasteiger partial charge in [-0.15, -0.1) is 0 Å². The molecule has 0 amide bonds. The van der Waals surface area contributed by atoms with Crippen LogP contribution in [0.15, 0.2) is 28.7 Å². The van der Waals surface area contributed by atoms with E-state index in [2.05, 4.69) is 9.88 Å². The van der Waals surface area contributed by atoms with Crippen LogP contribution in [-0.2, 0) is 16.1 Å². The number of likely N-dealkylation sites (N-methyl/N-ethyl adjacent to an activating group) is 1. The van der Waals surface area contributed by atoms with Crippen LogP contribution in [0.1, 0.15) is 11.6 Å². The molecule has 2 heterocycles. The standard InChI is InChI=1S/C19H24ClN3O4/c1-13-19(14-3-5-15(20)6-4-14)27-17(21-13)11-23-7-8-26-16(10-23)9-22(2)12-18(24)25/h3-6,16H,7-12H2,1-2H3,(H,24,25). The topological polar surface area (TPSA) is 79.0 Å². The number of nitrogens with zero attached hydrogens (tertiary/aromatic N) is 3. The lowest BCUT2D eigenvalue weighted by atomic mass is 10.1. The van der Waals surface area contributed by atoms with Gasteiger partial charge in [0.1, 0.15) is 0 Å². The van der Waals surface area contributed by atoms with E-state index in [1.54, 1.807) is 11.9 Å². The number of aryl methyl sites for hydroxylation is 1. The third-order valence-electron chi connectivity index (χ3n) is 4.45. The fourth-order valence-corrected chi connectivity index (χ4v) is 3.38. The van der Waals surface area contributed by atoms with Crippen molar-refractivity contribution >= 4 is 17.6 Å². The largest absolute Gasteiger partial charge is 0.480 e. The molecule has 8 heteroatoms. The molecule has 1 aromatic heterocycles. The number of carboxylic acids is 1. The number of aromatic nitrogens is 1. The van der Waals surface area contributed by atoms with E-state index in [9.17, 15) is 4.79 Å². The predicted molar refractivity (Wildman–Crippen MR) is 102 cm³/mol. The smallest absolute Gasteiger partial charge is 0.317 e. The lowest BCUT2D eigenvalue weighted by Gasteiger charge is -2.33. The average molecular weight is 394 g/mol. The van der Waals surface area contributed by atoms with E-state index in [4.69, 9.17) is 25.9 Å². The number of hydrogen-bond donors (Lipinski definition) is 1. The summed E-state index contributed by atoms with van der Waals surface area (Å²) in [5.41, 5.74) is 1.80. The summed E-state index contributed by atoms with van der Waals surface area (Å²) in [5.74, 6) is 0.583. The van der Waals surface area contributed by atoms with Gasteiger partial charge in [-0.25, -0.2) is 4.98 Å². The van der Waals surface area contributed by atoms with Crippen LogP contribution in [0.5, 0.6) is 0 Å². The molecule has 0 saturated carbocycles. The molecule has 1 aromatic carbocycles. The fourth-order valence-electron chi connectivity index (χ4n) is 3.26. The van der Waals surface area contributed by atoms with Crippen LogP contribution in [0.2, 0.25) is 5.02 Å². The number of carbonyl (C=O) groups is 1. The van der Waals surface area contributed by atoms with E-state index in [-0.39, 0.29) is 12.6 Å². The number of rotatable bonds is 7. The third kappa shape index (κ3) is 5.52. The Morgan fingerprint density at radius 1 is 1.41 bits per heavy atom. The highest BCUT2D eigenvalue weighted by atomic mass is 35.5. The molecule has 1 fully saturated rings. The summed E-state index contributed by atoms with van der Waals surface area (Å²) in [6, 6.07) is 7.50. The van der Waals surface area contributed by atoms with Crippen LogP contribution >= 0.6 is 11.6 Å². The van der Waals surface area contributed by atoms with Gasteiger partial charge < -0.3 is 14.3 Å². The lowest BCUT2D eigenvalue weighted by Crippen LogP contribution is -2.47. The van der Waals surface area contributed by atoms with Crippen molar-refractivity contribution in [3.8, 4) is 11.3 Å². The summed E-state index contributed by atoms with van der Waals surface area (Å²) in [5, 5.41) is 9.56. The molecule has 0 aliphatic carbocycles. The van der Waals surface area contributed by atoms with Crippen molar-refractivity contribution in [2.75, 3.05) is 39.8 Å².